The van der Waals surface area contributed by atoms with Crippen LogP contribution in [0.2, 0.25) is 0 Å². The molecule has 122 valence electrons. The molecule has 4 nitrogen and oxygen atoms in total. The Labute approximate surface area is 137 Å². The van der Waals surface area contributed by atoms with Crippen LogP contribution in [0.25, 0.3) is 0 Å². The van der Waals surface area contributed by atoms with Crippen molar-refractivity contribution >= 4 is 0 Å². The minimum atomic E-state index is 0.181. The van der Waals surface area contributed by atoms with Gasteiger partial charge in [0.25, 0.3) is 0 Å². The van der Waals surface area contributed by atoms with E-state index in [1.807, 2.05) is 12.1 Å². The summed E-state index contributed by atoms with van der Waals surface area (Å²) in [6.07, 6.45) is 1.20. The van der Waals surface area contributed by atoms with Gasteiger partial charge in [0, 0.05) is 5.56 Å². The highest BCUT2D eigenvalue weighted by atomic mass is 16.5. The molecule has 0 aliphatic carbocycles. The molecule has 1 atom stereocenters. The highest BCUT2D eigenvalue weighted by molar-refractivity contribution is 5.42. The first-order chi connectivity index (χ1) is 11.3. The van der Waals surface area contributed by atoms with Crippen LogP contribution in [-0.2, 0) is 17.7 Å². The first-order valence-corrected chi connectivity index (χ1v) is 8.04. The fourth-order valence-corrected chi connectivity index (χ4v) is 3.08. The Morgan fingerprint density at radius 3 is 2.74 bits per heavy atom. The maximum absolute atomic E-state index is 5.95. The Hall–Kier alpha value is -2.04. The molecule has 1 heterocycles. The average molecular weight is 314 g/mol. The van der Waals surface area contributed by atoms with E-state index in [-0.39, 0.29) is 6.10 Å². The third-order valence-corrected chi connectivity index (χ3v) is 4.30. The minimum absolute atomic E-state index is 0.181. The fourth-order valence-electron chi connectivity index (χ4n) is 3.08. The Balaban J connectivity index is 1.60. The lowest BCUT2D eigenvalue weighted by Crippen LogP contribution is -2.83. The zero-order valence-corrected chi connectivity index (χ0v) is 13.7. The zero-order chi connectivity index (χ0) is 16.1. The van der Waals surface area contributed by atoms with Crippen LogP contribution in [0.3, 0.4) is 0 Å². The normalized spacial score (nSPS) is 16.7. The second-order valence-corrected chi connectivity index (χ2v) is 5.73. The Morgan fingerprint density at radius 1 is 1.09 bits per heavy atom. The molecule has 0 radical (unpaired) electrons. The SMILES string of the molecule is COc1ccc(C[NH2+]C[C@@H]2OCCc3ccccc32)cc1OC. The van der Waals surface area contributed by atoms with E-state index in [1.165, 1.54) is 16.7 Å². The summed E-state index contributed by atoms with van der Waals surface area (Å²) in [7, 11) is 3.32. The predicted octanol–water partition coefficient (Wildman–Crippen LogP) is 2.08. The monoisotopic (exact) mass is 314 g/mol. The average Bonchev–Trinajstić information content (AvgIpc) is 2.61. The molecule has 2 aromatic carbocycles. The third kappa shape index (κ3) is 3.66. The second kappa shape index (κ2) is 7.49. The van der Waals surface area contributed by atoms with Gasteiger partial charge in [-0.15, -0.1) is 0 Å². The summed E-state index contributed by atoms with van der Waals surface area (Å²) < 4.78 is 16.6. The second-order valence-electron chi connectivity index (χ2n) is 5.73. The van der Waals surface area contributed by atoms with Crippen LogP contribution in [0.4, 0.5) is 0 Å². The molecule has 0 unspecified atom stereocenters. The Bertz CT molecular complexity index is 657. The standard InChI is InChI=1S/C19H23NO3/c1-21-17-8-7-14(11-18(17)22-2)12-20-13-19-16-6-4-3-5-15(16)9-10-23-19/h3-8,11,19-20H,9-10,12-13H2,1-2H3/p+1/t19-/m0/s1. The van der Waals surface area contributed by atoms with Crippen molar-refractivity contribution in [3.8, 4) is 11.5 Å². The number of ether oxygens (including phenoxy) is 3. The minimum Gasteiger partial charge on any atom is -0.493 e. The van der Waals surface area contributed by atoms with Gasteiger partial charge < -0.3 is 19.5 Å². The number of nitrogens with two attached hydrogens (primary N) is 1. The third-order valence-electron chi connectivity index (χ3n) is 4.30. The smallest absolute Gasteiger partial charge is 0.161 e. The lowest BCUT2D eigenvalue weighted by molar-refractivity contribution is -0.678. The van der Waals surface area contributed by atoms with Crippen molar-refractivity contribution in [1.82, 2.24) is 0 Å². The van der Waals surface area contributed by atoms with Crippen LogP contribution in [0.15, 0.2) is 42.5 Å². The summed E-state index contributed by atoms with van der Waals surface area (Å²) in [5, 5.41) is 2.29. The quantitative estimate of drug-likeness (QED) is 0.888. The van der Waals surface area contributed by atoms with Crippen LogP contribution in [0.5, 0.6) is 11.5 Å². The molecule has 4 heteroatoms. The van der Waals surface area contributed by atoms with Crippen LogP contribution in [0, 0.1) is 0 Å². The van der Waals surface area contributed by atoms with Crippen LogP contribution < -0.4 is 14.8 Å². The first kappa shape index (κ1) is 15.8. The number of fused-ring (bicyclic) bond motifs is 1. The van der Waals surface area contributed by atoms with Gasteiger partial charge in [-0.1, -0.05) is 24.3 Å². The summed E-state index contributed by atoms with van der Waals surface area (Å²) in [5.41, 5.74) is 3.97. The molecule has 0 aromatic heterocycles. The molecule has 0 saturated heterocycles. The van der Waals surface area contributed by atoms with Gasteiger partial charge in [-0.25, -0.2) is 0 Å². The Morgan fingerprint density at radius 2 is 1.91 bits per heavy atom. The molecule has 0 spiro atoms. The van der Waals surface area contributed by atoms with Gasteiger partial charge in [0.2, 0.25) is 0 Å². The molecule has 2 aromatic rings. The van der Waals surface area contributed by atoms with E-state index in [1.54, 1.807) is 14.2 Å². The summed E-state index contributed by atoms with van der Waals surface area (Å²) in [5.74, 6) is 1.54. The number of rotatable bonds is 6. The van der Waals surface area contributed by atoms with E-state index in [2.05, 4.69) is 35.6 Å². The maximum Gasteiger partial charge on any atom is 0.161 e. The molecule has 3 rings (SSSR count). The van der Waals surface area contributed by atoms with Gasteiger partial charge in [0.05, 0.1) is 20.8 Å². The van der Waals surface area contributed by atoms with Crippen molar-refractivity contribution in [1.29, 1.82) is 0 Å². The molecule has 0 bridgehead atoms. The summed E-state index contributed by atoms with van der Waals surface area (Å²) in [6, 6.07) is 14.7. The molecule has 2 N–H and O–H groups in total. The maximum atomic E-state index is 5.95. The highest BCUT2D eigenvalue weighted by Gasteiger charge is 2.21. The van der Waals surface area contributed by atoms with Crippen molar-refractivity contribution in [2.75, 3.05) is 27.4 Å². The van der Waals surface area contributed by atoms with E-state index >= 15 is 0 Å². The molecule has 23 heavy (non-hydrogen) atoms. The summed E-state index contributed by atoms with van der Waals surface area (Å²) >= 11 is 0. The predicted molar refractivity (Wildman–Crippen MR) is 88.9 cm³/mol. The van der Waals surface area contributed by atoms with E-state index in [9.17, 15) is 0 Å². The molecule has 0 fully saturated rings. The fraction of sp³-hybridized carbons (Fsp3) is 0.368. The lowest BCUT2D eigenvalue weighted by Gasteiger charge is -2.24. The summed E-state index contributed by atoms with van der Waals surface area (Å²) in [4.78, 5) is 0. The van der Waals surface area contributed by atoms with Crippen molar-refractivity contribution in [2.45, 2.75) is 19.1 Å². The number of quaternary nitrogens is 1. The number of hydrogen-bond acceptors (Lipinski definition) is 3. The topological polar surface area (TPSA) is 44.3 Å². The number of hydrogen-bond donors (Lipinski definition) is 1. The largest absolute Gasteiger partial charge is 0.493 e. The molecule has 0 saturated carbocycles. The molecular weight excluding hydrogens is 290 g/mol. The van der Waals surface area contributed by atoms with Gasteiger partial charge in [-0.05, 0) is 35.7 Å². The number of benzene rings is 2. The Kier molecular flexibility index (Phi) is 5.16. The van der Waals surface area contributed by atoms with Gasteiger partial charge in [-0.2, -0.15) is 0 Å². The van der Waals surface area contributed by atoms with E-state index in [0.29, 0.717) is 0 Å². The molecular formula is C19H24NO3+. The first-order valence-electron chi connectivity index (χ1n) is 8.04. The van der Waals surface area contributed by atoms with E-state index < -0.39 is 0 Å². The van der Waals surface area contributed by atoms with E-state index in [4.69, 9.17) is 14.2 Å². The summed E-state index contributed by atoms with van der Waals surface area (Å²) in [6.45, 7) is 2.62. The molecule has 1 aliphatic rings. The van der Waals surface area contributed by atoms with Crippen LogP contribution in [0.1, 0.15) is 22.8 Å². The van der Waals surface area contributed by atoms with E-state index in [0.717, 1.165) is 37.6 Å². The van der Waals surface area contributed by atoms with Crippen LogP contribution >= 0.6 is 0 Å². The van der Waals surface area contributed by atoms with Crippen molar-refractivity contribution in [3.05, 3.63) is 59.2 Å². The van der Waals surface area contributed by atoms with Gasteiger partial charge in [0.15, 0.2) is 11.5 Å². The zero-order valence-electron chi connectivity index (χ0n) is 13.7. The highest BCUT2D eigenvalue weighted by Crippen LogP contribution is 2.27. The van der Waals surface area contributed by atoms with Gasteiger partial charge >= 0.3 is 0 Å². The van der Waals surface area contributed by atoms with Crippen molar-refractivity contribution < 1.29 is 19.5 Å². The lowest BCUT2D eigenvalue weighted by atomic mass is 9.97. The van der Waals surface area contributed by atoms with Gasteiger partial charge in [0.1, 0.15) is 19.2 Å². The van der Waals surface area contributed by atoms with Gasteiger partial charge in [-0.3, -0.25) is 0 Å². The van der Waals surface area contributed by atoms with Crippen molar-refractivity contribution in [3.63, 3.8) is 0 Å². The van der Waals surface area contributed by atoms with Crippen molar-refractivity contribution in [2.24, 2.45) is 0 Å². The van der Waals surface area contributed by atoms with Crippen LogP contribution in [-0.4, -0.2) is 27.4 Å². The molecule has 0 amide bonds. The number of methoxy groups -OCH3 is 2. The molecule has 1 aliphatic heterocycles.